The van der Waals surface area contributed by atoms with Crippen LogP contribution in [0.3, 0.4) is 0 Å². The van der Waals surface area contributed by atoms with E-state index in [0.717, 1.165) is 57.8 Å². The third kappa shape index (κ3) is 5.84. The number of ether oxygens (including phenoxy) is 1. The third-order valence-electron chi connectivity index (χ3n) is 5.12. The number of aromatic nitrogens is 2. The van der Waals surface area contributed by atoms with Crippen LogP contribution in [0.4, 0.5) is 10.8 Å². The molecule has 1 fully saturated rings. The zero-order chi connectivity index (χ0) is 21.6. The Hall–Kier alpha value is -2.42. The van der Waals surface area contributed by atoms with Gasteiger partial charge in [-0.1, -0.05) is 65.6 Å². The van der Waals surface area contributed by atoms with Crippen LogP contribution in [0.25, 0.3) is 0 Å². The van der Waals surface area contributed by atoms with Crippen molar-refractivity contribution in [3.63, 3.8) is 0 Å². The molecule has 2 aromatic carbocycles. The van der Waals surface area contributed by atoms with Crippen molar-refractivity contribution in [1.82, 2.24) is 10.2 Å². The molecule has 0 aliphatic carbocycles. The van der Waals surface area contributed by atoms with E-state index in [1.54, 1.807) is 0 Å². The lowest BCUT2D eigenvalue weighted by Gasteiger charge is -2.17. The van der Waals surface area contributed by atoms with Crippen LogP contribution in [-0.2, 0) is 9.53 Å². The molecular weight excluding hydrogens is 428 g/mol. The van der Waals surface area contributed by atoms with Crippen LogP contribution >= 0.6 is 23.1 Å². The average Bonchev–Trinajstić information content (AvgIpc) is 3.45. The van der Waals surface area contributed by atoms with Gasteiger partial charge in [-0.3, -0.25) is 4.79 Å². The van der Waals surface area contributed by atoms with E-state index in [2.05, 4.69) is 20.8 Å². The van der Waals surface area contributed by atoms with Gasteiger partial charge in [-0.25, -0.2) is 0 Å². The molecule has 2 atom stereocenters. The van der Waals surface area contributed by atoms with Crippen molar-refractivity contribution in [2.24, 2.45) is 0 Å². The van der Waals surface area contributed by atoms with Crippen molar-refractivity contribution < 1.29 is 9.53 Å². The Bertz CT molecular complexity index is 1020. The minimum Gasteiger partial charge on any atom is -0.376 e. The topological polar surface area (TPSA) is 76.1 Å². The maximum atomic E-state index is 13.3. The molecule has 1 amide bonds. The number of carbonyl (C=O) groups is 1. The fraction of sp³-hybridized carbons (Fsp3) is 0.348. The Morgan fingerprint density at radius 1 is 1.23 bits per heavy atom. The maximum absolute atomic E-state index is 13.3. The highest BCUT2D eigenvalue weighted by atomic mass is 32.2. The Kier molecular flexibility index (Phi) is 7.21. The SMILES string of the molecule is Cc1ccc(C)c(NC(=O)[C@@H](Sc2nnc(NC[C@H]3CCCO3)s2)c2ccccc2)c1. The number of thioether (sulfide) groups is 1. The standard InChI is InChI=1S/C23H26N4O2S2/c1-15-10-11-16(2)19(13-15)25-21(28)20(17-7-4-3-5-8-17)30-23-27-26-22(31-23)24-14-18-9-6-12-29-18/h3-5,7-8,10-11,13,18,20H,6,9,12,14H2,1-2H3,(H,24,26)(H,25,28)/t18-,20+/m1/s1. The van der Waals surface area contributed by atoms with Gasteiger partial charge in [-0.15, -0.1) is 10.2 Å². The van der Waals surface area contributed by atoms with Gasteiger partial charge in [0.2, 0.25) is 11.0 Å². The molecule has 31 heavy (non-hydrogen) atoms. The van der Waals surface area contributed by atoms with Gasteiger partial charge in [-0.2, -0.15) is 0 Å². The van der Waals surface area contributed by atoms with Gasteiger partial charge in [0.05, 0.1) is 6.10 Å². The van der Waals surface area contributed by atoms with Crippen LogP contribution < -0.4 is 10.6 Å². The number of rotatable bonds is 8. The summed E-state index contributed by atoms with van der Waals surface area (Å²) in [4.78, 5) is 13.3. The van der Waals surface area contributed by atoms with Crippen molar-refractivity contribution in [3.8, 4) is 0 Å². The Morgan fingerprint density at radius 2 is 2.06 bits per heavy atom. The smallest absolute Gasteiger partial charge is 0.242 e. The predicted molar refractivity (Wildman–Crippen MR) is 127 cm³/mol. The molecule has 4 rings (SSSR count). The number of nitrogens with zero attached hydrogens (tertiary/aromatic N) is 2. The van der Waals surface area contributed by atoms with Crippen LogP contribution in [0.2, 0.25) is 0 Å². The van der Waals surface area contributed by atoms with Crippen molar-refractivity contribution in [3.05, 3.63) is 65.2 Å². The normalized spacial score (nSPS) is 16.8. The monoisotopic (exact) mass is 454 g/mol. The second kappa shape index (κ2) is 10.3. The van der Waals surface area contributed by atoms with Crippen molar-refractivity contribution in [2.45, 2.75) is 42.4 Å². The summed E-state index contributed by atoms with van der Waals surface area (Å²) in [6.07, 6.45) is 2.42. The van der Waals surface area contributed by atoms with E-state index in [1.165, 1.54) is 23.1 Å². The van der Waals surface area contributed by atoms with Gasteiger partial charge < -0.3 is 15.4 Å². The molecule has 2 heterocycles. The molecule has 1 aliphatic heterocycles. The van der Waals surface area contributed by atoms with E-state index < -0.39 is 5.25 Å². The summed E-state index contributed by atoms with van der Waals surface area (Å²) in [5.41, 5.74) is 3.91. The second-order valence-corrected chi connectivity index (χ2v) is 9.93. The lowest BCUT2D eigenvalue weighted by atomic mass is 10.1. The molecule has 0 spiro atoms. The molecular formula is C23H26N4O2S2. The molecule has 2 N–H and O–H groups in total. The summed E-state index contributed by atoms with van der Waals surface area (Å²) >= 11 is 2.88. The van der Waals surface area contributed by atoms with Crippen LogP contribution in [-0.4, -0.2) is 35.4 Å². The summed E-state index contributed by atoms with van der Waals surface area (Å²) in [6.45, 7) is 5.58. The summed E-state index contributed by atoms with van der Waals surface area (Å²) in [7, 11) is 0. The molecule has 1 aliphatic rings. The van der Waals surface area contributed by atoms with E-state index in [9.17, 15) is 4.79 Å². The lowest BCUT2D eigenvalue weighted by Crippen LogP contribution is -2.19. The number of nitrogens with one attached hydrogen (secondary N) is 2. The molecule has 0 radical (unpaired) electrons. The molecule has 6 nitrogen and oxygen atoms in total. The van der Waals surface area contributed by atoms with E-state index >= 15 is 0 Å². The molecule has 0 bridgehead atoms. The quantitative estimate of drug-likeness (QED) is 0.455. The highest BCUT2D eigenvalue weighted by Gasteiger charge is 2.25. The summed E-state index contributed by atoms with van der Waals surface area (Å²) in [5.74, 6) is -0.0750. The lowest BCUT2D eigenvalue weighted by molar-refractivity contribution is -0.115. The van der Waals surface area contributed by atoms with Crippen LogP contribution in [0.15, 0.2) is 52.9 Å². The predicted octanol–water partition coefficient (Wildman–Crippen LogP) is 5.22. The number of carbonyl (C=O) groups excluding carboxylic acids is 1. The zero-order valence-electron chi connectivity index (χ0n) is 17.6. The van der Waals surface area contributed by atoms with E-state index in [4.69, 9.17) is 4.74 Å². The Labute approximate surface area is 190 Å². The first kappa shape index (κ1) is 21.8. The first-order valence-corrected chi connectivity index (χ1v) is 12.1. The van der Waals surface area contributed by atoms with E-state index in [0.29, 0.717) is 0 Å². The fourth-order valence-corrected chi connectivity index (χ4v) is 5.36. The first-order valence-electron chi connectivity index (χ1n) is 10.4. The van der Waals surface area contributed by atoms with Crippen LogP contribution in [0.5, 0.6) is 0 Å². The number of hydrogen-bond acceptors (Lipinski definition) is 7. The minimum atomic E-state index is -0.430. The van der Waals surface area contributed by atoms with Gasteiger partial charge in [0.15, 0.2) is 4.34 Å². The first-order chi connectivity index (χ1) is 15.1. The number of benzene rings is 2. The van der Waals surface area contributed by atoms with Gasteiger partial charge in [0.25, 0.3) is 0 Å². The summed E-state index contributed by atoms with van der Waals surface area (Å²) in [6, 6.07) is 15.8. The molecule has 162 valence electrons. The number of hydrogen-bond donors (Lipinski definition) is 2. The van der Waals surface area contributed by atoms with Crippen LogP contribution in [0.1, 0.15) is 34.8 Å². The number of anilines is 2. The molecule has 0 unspecified atom stereocenters. The number of aryl methyl sites for hydroxylation is 2. The highest BCUT2D eigenvalue weighted by Crippen LogP contribution is 2.39. The molecule has 1 aromatic heterocycles. The van der Waals surface area contributed by atoms with Crippen molar-refractivity contribution >= 4 is 39.8 Å². The van der Waals surface area contributed by atoms with Gasteiger partial charge >= 0.3 is 0 Å². The molecule has 8 heteroatoms. The van der Waals surface area contributed by atoms with Gasteiger partial charge in [0.1, 0.15) is 5.25 Å². The zero-order valence-corrected chi connectivity index (χ0v) is 19.3. The third-order valence-corrected chi connectivity index (χ3v) is 7.34. The molecule has 3 aromatic rings. The van der Waals surface area contributed by atoms with Crippen LogP contribution in [0, 0.1) is 13.8 Å². The van der Waals surface area contributed by atoms with E-state index in [-0.39, 0.29) is 12.0 Å². The van der Waals surface area contributed by atoms with E-state index in [1.807, 2.05) is 62.4 Å². The highest BCUT2D eigenvalue weighted by molar-refractivity contribution is 8.02. The van der Waals surface area contributed by atoms with Gasteiger partial charge in [0, 0.05) is 18.8 Å². The maximum Gasteiger partial charge on any atom is 0.242 e. The minimum absolute atomic E-state index is 0.0750. The molecule has 1 saturated heterocycles. The Morgan fingerprint density at radius 3 is 2.84 bits per heavy atom. The van der Waals surface area contributed by atoms with Crippen molar-refractivity contribution in [1.29, 1.82) is 0 Å². The van der Waals surface area contributed by atoms with Gasteiger partial charge in [-0.05, 0) is 49.4 Å². The Balaban J connectivity index is 1.48. The van der Waals surface area contributed by atoms with Crippen molar-refractivity contribution in [2.75, 3.05) is 23.8 Å². The fourth-order valence-electron chi connectivity index (χ4n) is 3.41. The summed E-state index contributed by atoms with van der Waals surface area (Å²) < 4.78 is 6.40. The number of amides is 1. The summed E-state index contributed by atoms with van der Waals surface area (Å²) in [5, 5.41) is 15.3. The largest absolute Gasteiger partial charge is 0.376 e. The molecule has 0 saturated carbocycles. The second-order valence-electron chi connectivity index (χ2n) is 7.61. The average molecular weight is 455 g/mol.